The van der Waals surface area contributed by atoms with Crippen LogP contribution in [0.1, 0.15) is 108 Å². The van der Waals surface area contributed by atoms with Crippen molar-refractivity contribution < 1.29 is 25.2 Å². The van der Waals surface area contributed by atoms with Crippen LogP contribution in [0.4, 0.5) is 0 Å². The molecule has 4 N–H and O–H groups in total. The fourth-order valence-electron chi connectivity index (χ4n) is 16.2. The van der Waals surface area contributed by atoms with Crippen molar-refractivity contribution in [2.45, 2.75) is 115 Å². The third kappa shape index (κ3) is 5.26. The average Bonchev–Trinajstić information content (AvgIpc) is 3.43. The number of fused-ring (bicyclic) bond motifs is 1. The first kappa shape index (κ1) is 36.7. The van der Waals surface area contributed by atoms with E-state index in [0.29, 0.717) is 25.9 Å². The van der Waals surface area contributed by atoms with E-state index in [1.807, 2.05) is 36.4 Å². The summed E-state index contributed by atoms with van der Waals surface area (Å²) in [4.78, 5) is 17.9. The molecule has 2 aromatic carbocycles. The Hall–Kier alpha value is -2.61. The molecule has 0 amide bonds. The molecule has 6 heteroatoms. The zero-order valence-corrected chi connectivity index (χ0v) is 33.1. The Balaban J connectivity index is 1.04. The SMILES string of the molecule is C[C@]12CC[C@H]3[C@]4(C=C[C@@]5(C=C4C(=O)c4ccccc4-c4ccccc4)CC(O)CC[C@]35C)[C@@H]1CC[C@@]2(O)CN(C[C@H](O)CO)CC12CC3CC(CC(C3)C1)C2. The normalized spacial score (nSPS) is 45.3. The summed E-state index contributed by atoms with van der Waals surface area (Å²) in [5.74, 6) is 2.82. The van der Waals surface area contributed by atoms with Gasteiger partial charge in [-0.25, -0.2) is 0 Å². The summed E-state index contributed by atoms with van der Waals surface area (Å²) in [5.41, 5.74) is 1.34. The van der Waals surface area contributed by atoms with Gasteiger partial charge in [0, 0.05) is 47.0 Å². The lowest BCUT2D eigenvalue weighted by Crippen LogP contribution is -2.67. The maximum absolute atomic E-state index is 15.5. The minimum absolute atomic E-state index is 0.0604. The largest absolute Gasteiger partial charge is 0.394 e. The van der Waals surface area contributed by atoms with Crippen LogP contribution in [0.3, 0.4) is 0 Å². The molecule has 7 saturated carbocycles. The molecule has 9 atom stereocenters. The maximum Gasteiger partial charge on any atom is 0.190 e. The van der Waals surface area contributed by atoms with Crippen LogP contribution >= 0.6 is 0 Å². The zero-order chi connectivity index (χ0) is 38.0. The van der Waals surface area contributed by atoms with Crippen molar-refractivity contribution in [1.82, 2.24) is 4.90 Å². The average molecular weight is 746 g/mol. The molecule has 12 rings (SSSR count). The van der Waals surface area contributed by atoms with Gasteiger partial charge in [0.25, 0.3) is 0 Å². The van der Waals surface area contributed by atoms with E-state index in [2.05, 4.69) is 55.2 Å². The number of benzene rings is 2. The maximum atomic E-state index is 15.5. The summed E-state index contributed by atoms with van der Waals surface area (Å²) in [5, 5.41) is 45.6. The Morgan fingerprint density at radius 1 is 0.800 bits per heavy atom. The predicted molar refractivity (Wildman–Crippen MR) is 215 cm³/mol. The summed E-state index contributed by atoms with van der Waals surface area (Å²) in [6.07, 6.45) is 19.5. The van der Waals surface area contributed by atoms with Gasteiger partial charge >= 0.3 is 0 Å². The van der Waals surface area contributed by atoms with Crippen LogP contribution in [-0.4, -0.2) is 75.2 Å². The highest BCUT2D eigenvalue weighted by molar-refractivity contribution is 6.14. The van der Waals surface area contributed by atoms with Crippen molar-refractivity contribution in [2.24, 2.45) is 56.7 Å². The molecule has 0 aliphatic heterocycles. The monoisotopic (exact) mass is 745 g/mol. The highest BCUT2D eigenvalue weighted by Gasteiger charge is 2.74. The van der Waals surface area contributed by atoms with Crippen LogP contribution in [0.2, 0.25) is 0 Å². The van der Waals surface area contributed by atoms with Gasteiger partial charge < -0.3 is 20.4 Å². The summed E-state index contributed by atoms with van der Waals surface area (Å²) in [6, 6.07) is 18.3. The first-order chi connectivity index (χ1) is 26.3. The lowest BCUT2D eigenvalue weighted by Gasteiger charge is -2.71. The van der Waals surface area contributed by atoms with E-state index >= 15 is 4.79 Å². The second-order valence-corrected chi connectivity index (χ2v) is 21.0. The van der Waals surface area contributed by atoms with Gasteiger partial charge in [-0.15, -0.1) is 0 Å². The van der Waals surface area contributed by atoms with E-state index in [-0.39, 0.29) is 40.5 Å². The molecule has 55 heavy (non-hydrogen) atoms. The summed E-state index contributed by atoms with van der Waals surface area (Å²) in [6.45, 7) is 6.25. The molecule has 294 valence electrons. The quantitative estimate of drug-likeness (QED) is 0.145. The highest BCUT2D eigenvalue weighted by atomic mass is 16.3. The number of Topliss-reactive ketones (excluding diaryl/α,β-unsaturated/α-hetero) is 1. The van der Waals surface area contributed by atoms with E-state index in [9.17, 15) is 20.4 Å². The summed E-state index contributed by atoms with van der Waals surface area (Å²) >= 11 is 0. The van der Waals surface area contributed by atoms with Gasteiger partial charge in [-0.3, -0.25) is 9.69 Å². The van der Waals surface area contributed by atoms with Crippen molar-refractivity contribution in [1.29, 1.82) is 0 Å². The molecule has 0 saturated heterocycles. The van der Waals surface area contributed by atoms with Gasteiger partial charge in [0.1, 0.15) is 0 Å². The lowest BCUT2D eigenvalue weighted by molar-refractivity contribution is -0.179. The molecular weight excluding hydrogens is 683 g/mol. The van der Waals surface area contributed by atoms with Crippen molar-refractivity contribution in [3.63, 3.8) is 0 Å². The predicted octanol–water partition coefficient (Wildman–Crippen LogP) is 8.00. The van der Waals surface area contributed by atoms with Crippen LogP contribution in [0.25, 0.3) is 11.1 Å². The Bertz CT molecular complexity index is 1870. The number of ketones is 1. The number of allylic oxidation sites excluding steroid dienone is 4. The van der Waals surface area contributed by atoms with E-state index < -0.39 is 28.6 Å². The molecule has 6 nitrogen and oxygen atoms in total. The van der Waals surface area contributed by atoms with Crippen molar-refractivity contribution in [2.75, 3.05) is 26.2 Å². The van der Waals surface area contributed by atoms with Crippen LogP contribution in [0, 0.1) is 56.7 Å². The standard InChI is InChI=1S/C49H63NO5/c1-44-15-12-36(52)26-47(44)18-19-49(40(27-47)43(54)39-11-7-6-10-38(39)35-8-4-3-5-9-35)41(44)13-16-45(2)42(49)14-17-48(45,55)31-50(28-37(53)29-51)30-46-23-32-20-33(24-46)22-34(21-32)25-46/h3-11,18-19,27,32-34,36-37,41-42,51-53,55H,12-17,20-26,28-31H2,1-2H3/t32?,33?,34?,36?,37-,41+,42+,44+,45-,46?,47-,48+,49+/m0/s1. The molecular formula is C49H63NO5. The second kappa shape index (κ2) is 12.7. The number of carbonyl (C=O) groups excluding carboxylic acids is 1. The van der Waals surface area contributed by atoms with E-state index in [4.69, 9.17) is 0 Å². The smallest absolute Gasteiger partial charge is 0.190 e. The molecule has 2 aromatic rings. The number of aliphatic hydroxyl groups excluding tert-OH is 3. The van der Waals surface area contributed by atoms with Crippen LogP contribution in [-0.2, 0) is 0 Å². The molecule has 6 bridgehead atoms. The van der Waals surface area contributed by atoms with Gasteiger partial charge in [-0.1, -0.05) is 86.7 Å². The molecule has 10 aliphatic carbocycles. The van der Waals surface area contributed by atoms with Crippen LogP contribution < -0.4 is 0 Å². The summed E-state index contributed by atoms with van der Waals surface area (Å²) in [7, 11) is 0. The Morgan fingerprint density at radius 2 is 1.44 bits per heavy atom. The fourth-order valence-corrected chi connectivity index (χ4v) is 16.2. The summed E-state index contributed by atoms with van der Waals surface area (Å²) < 4.78 is 0. The van der Waals surface area contributed by atoms with Gasteiger partial charge in [0.2, 0.25) is 0 Å². The van der Waals surface area contributed by atoms with Gasteiger partial charge in [0.05, 0.1) is 24.4 Å². The second-order valence-electron chi connectivity index (χ2n) is 21.0. The minimum atomic E-state index is -1.01. The van der Waals surface area contributed by atoms with Crippen molar-refractivity contribution in [3.8, 4) is 11.1 Å². The topological polar surface area (TPSA) is 101 Å². The van der Waals surface area contributed by atoms with Crippen LogP contribution in [0.5, 0.6) is 0 Å². The molecule has 7 fully saturated rings. The molecule has 1 unspecified atom stereocenters. The number of hydrogen-bond donors (Lipinski definition) is 4. The van der Waals surface area contributed by atoms with Crippen LogP contribution in [0.15, 0.2) is 78.4 Å². The van der Waals surface area contributed by atoms with E-state index in [0.717, 1.165) is 78.7 Å². The lowest BCUT2D eigenvalue weighted by atomic mass is 9.32. The third-order valence-electron chi connectivity index (χ3n) is 18.1. The molecule has 0 heterocycles. The highest BCUT2D eigenvalue weighted by Crippen LogP contribution is 2.78. The van der Waals surface area contributed by atoms with Gasteiger partial charge in [0.15, 0.2) is 5.78 Å². The third-order valence-corrected chi connectivity index (χ3v) is 18.1. The van der Waals surface area contributed by atoms with Crippen molar-refractivity contribution >= 4 is 5.78 Å². The van der Waals surface area contributed by atoms with Crippen molar-refractivity contribution in [3.05, 3.63) is 84.0 Å². The first-order valence-electron chi connectivity index (χ1n) is 21.9. The number of aliphatic hydroxyl groups is 4. The molecule has 0 aromatic heterocycles. The number of carbonyl (C=O) groups is 1. The molecule has 2 spiro atoms. The number of rotatable bonds is 10. The first-order valence-corrected chi connectivity index (χ1v) is 21.9. The zero-order valence-electron chi connectivity index (χ0n) is 33.1. The Kier molecular flexibility index (Phi) is 8.47. The van der Waals surface area contributed by atoms with Gasteiger partial charge in [-0.05, 0) is 135 Å². The fraction of sp³-hybridized carbons (Fsp3) is 0.653. The Morgan fingerprint density at radius 3 is 2.15 bits per heavy atom. The molecule has 0 radical (unpaired) electrons. The van der Waals surface area contributed by atoms with Gasteiger partial charge in [-0.2, -0.15) is 0 Å². The Labute approximate surface area is 328 Å². The van der Waals surface area contributed by atoms with E-state index in [1.165, 1.54) is 38.5 Å². The number of nitrogens with zero attached hydrogens (tertiary/aromatic N) is 1. The molecule has 10 aliphatic rings. The number of hydrogen-bond acceptors (Lipinski definition) is 6. The minimum Gasteiger partial charge on any atom is -0.394 e. The van der Waals surface area contributed by atoms with E-state index in [1.54, 1.807) is 0 Å².